The van der Waals surface area contributed by atoms with Gasteiger partial charge in [-0.05, 0) is 39.1 Å². The molecule has 118 valence electrons. The summed E-state index contributed by atoms with van der Waals surface area (Å²) in [5.74, 6) is -2.22. The smallest absolute Gasteiger partial charge is 0.335 e. The van der Waals surface area contributed by atoms with Crippen molar-refractivity contribution in [2.45, 2.75) is 18.2 Å². The molecule has 1 aromatic carbocycles. The standard InChI is InChI=1S/C13H19FN2O4S/c1-9-11(14)7-10(13(17)18)8-12(9)21(19,20)16(3)6-4-5-15-2/h7-8,15H,4-6H2,1-3H3,(H,17,18). The van der Waals surface area contributed by atoms with E-state index in [1.165, 1.54) is 14.0 Å². The number of carboxylic acid groups (broad SMARTS) is 1. The van der Waals surface area contributed by atoms with E-state index in [-0.39, 0.29) is 22.6 Å². The normalized spacial score (nSPS) is 11.9. The Bertz CT molecular complexity index is 631. The predicted molar refractivity (Wildman–Crippen MR) is 76.5 cm³/mol. The van der Waals surface area contributed by atoms with Gasteiger partial charge in [0.05, 0.1) is 10.5 Å². The molecule has 0 unspecified atom stereocenters. The van der Waals surface area contributed by atoms with Crippen LogP contribution in [0.5, 0.6) is 0 Å². The largest absolute Gasteiger partial charge is 0.478 e. The molecule has 0 aliphatic heterocycles. The first-order chi connectivity index (χ1) is 9.71. The lowest BCUT2D eigenvalue weighted by Crippen LogP contribution is -2.30. The number of hydrogen-bond donors (Lipinski definition) is 2. The van der Waals surface area contributed by atoms with Gasteiger partial charge in [0, 0.05) is 19.2 Å². The third kappa shape index (κ3) is 3.99. The number of rotatable bonds is 7. The van der Waals surface area contributed by atoms with Crippen LogP contribution in [0.3, 0.4) is 0 Å². The van der Waals surface area contributed by atoms with Crippen LogP contribution in [-0.4, -0.2) is 51.0 Å². The van der Waals surface area contributed by atoms with E-state index >= 15 is 0 Å². The number of carbonyl (C=O) groups is 1. The Hall–Kier alpha value is -1.51. The Labute approximate surface area is 123 Å². The molecule has 0 fully saturated rings. The van der Waals surface area contributed by atoms with Crippen molar-refractivity contribution in [2.24, 2.45) is 0 Å². The Morgan fingerprint density at radius 3 is 2.57 bits per heavy atom. The molecule has 0 bridgehead atoms. The molecule has 0 amide bonds. The van der Waals surface area contributed by atoms with E-state index in [4.69, 9.17) is 5.11 Å². The van der Waals surface area contributed by atoms with E-state index in [1.807, 2.05) is 0 Å². The molecule has 0 heterocycles. The van der Waals surface area contributed by atoms with Gasteiger partial charge >= 0.3 is 5.97 Å². The molecule has 0 spiro atoms. The summed E-state index contributed by atoms with van der Waals surface area (Å²) in [7, 11) is -0.787. The highest BCUT2D eigenvalue weighted by Gasteiger charge is 2.25. The fraction of sp³-hybridized carbons (Fsp3) is 0.462. The highest BCUT2D eigenvalue weighted by atomic mass is 32.2. The van der Waals surface area contributed by atoms with Gasteiger partial charge in [-0.2, -0.15) is 0 Å². The Balaban J connectivity index is 3.21. The zero-order chi connectivity index (χ0) is 16.2. The van der Waals surface area contributed by atoms with Crippen LogP contribution in [0.1, 0.15) is 22.3 Å². The molecule has 8 heteroatoms. The lowest BCUT2D eigenvalue weighted by molar-refractivity contribution is 0.0696. The molecule has 21 heavy (non-hydrogen) atoms. The summed E-state index contributed by atoms with van der Waals surface area (Å²) in [6.07, 6.45) is 0.590. The number of carboxylic acids is 1. The van der Waals surface area contributed by atoms with Crippen molar-refractivity contribution in [3.8, 4) is 0 Å². The maximum absolute atomic E-state index is 13.7. The summed E-state index contributed by atoms with van der Waals surface area (Å²) in [5.41, 5.74) is -0.472. The lowest BCUT2D eigenvalue weighted by Gasteiger charge is -2.19. The summed E-state index contributed by atoms with van der Waals surface area (Å²) in [4.78, 5) is 10.6. The summed E-state index contributed by atoms with van der Waals surface area (Å²) < 4.78 is 39.7. The van der Waals surface area contributed by atoms with Crippen LogP contribution in [0.25, 0.3) is 0 Å². The fourth-order valence-electron chi connectivity index (χ4n) is 1.81. The molecule has 0 aliphatic rings. The summed E-state index contributed by atoms with van der Waals surface area (Å²) in [5, 5.41) is 11.8. The Morgan fingerprint density at radius 2 is 2.05 bits per heavy atom. The van der Waals surface area contributed by atoms with Crippen LogP contribution in [0, 0.1) is 12.7 Å². The van der Waals surface area contributed by atoms with Gasteiger partial charge in [-0.25, -0.2) is 21.9 Å². The van der Waals surface area contributed by atoms with Crippen LogP contribution in [0.4, 0.5) is 4.39 Å². The van der Waals surface area contributed by atoms with Crippen molar-refractivity contribution < 1.29 is 22.7 Å². The van der Waals surface area contributed by atoms with Gasteiger partial charge in [-0.3, -0.25) is 0 Å². The average molecular weight is 318 g/mol. The second-order valence-corrected chi connectivity index (χ2v) is 6.68. The van der Waals surface area contributed by atoms with Crippen molar-refractivity contribution in [3.63, 3.8) is 0 Å². The van der Waals surface area contributed by atoms with E-state index in [9.17, 15) is 17.6 Å². The number of halogens is 1. The first kappa shape index (κ1) is 17.5. The highest BCUT2D eigenvalue weighted by molar-refractivity contribution is 7.89. The molecule has 0 radical (unpaired) electrons. The molecule has 1 rings (SSSR count). The van der Waals surface area contributed by atoms with Gasteiger partial charge in [0.15, 0.2) is 0 Å². The second-order valence-electron chi connectivity index (χ2n) is 4.67. The van der Waals surface area contributed by atoms with Crippen molar-refractivity contribution >= 4 is 16.0 Å². The quantitative estimate of drug-likeness (QED) is 0.734. The summed E-state index contributed by atoms with van der Waals surface area (Å²) in [6, 6.07) is 1.81. The minimum Gasteiger partial charge on any atom is -0.478 e. The van der Waals surface area contributed by atoms with E-state index in [1.54, 1.807) is 7.05 Å². The van der Waals surface area contributed by atoms with Gasteiger partial charge in [0.1, 0.15) is 5.82 Å². The number of aromatic carboxylic acids is 1. The lowest BCUT2D eigenvalue weighted by atomic mass is 10.1. The predicted octanol–water partition coefficient (Wildman–Crippen LogP) is 1.06. The van der Waals surface area contributed by atoms with E-state index in [0.29, 0.717) is 13.0 Å². The Morgan fingerprint density at radius 1 is 1.43 bits per heavy atom. The summed E-state index contributed by atoms with van der Waals surface area (Å²) in [6.45, 7) is 2.21. The van der Waals surface area contributed by atoms with E-state index < -0.39 is 21.8 Å². The molecule has 2 N–H and O–H groups in total. The molecule has 0 aromatic heterocycles. The third-order valence-electron chi connectivity index (χ3n) is 3.13. The van der Waals surface area contributed by atoms with Crippen molar-refractivity contribution in [3.05, 3.63) is 29.1 Å². The SMILES string of the molecule is CNCCCN(C)S(=O)(=O)c1cc(C(=O)O)cc(F)c1C. The number of hydrogen-bond acceptors (Lipinski definition) is 4. The average Bonchev–Trinajstić information content (AvgIpc) is 2.41. The minimum absolute atomic E-state index is 0.0829. The number of sulfonamides is 1. The number of nitrogens with one attached hydrogen (secondary N) is 1. The maximum atomic E-state index is 13.7. The van der Waals surface area contributed by atoms with E-state index in [2.05, 4.69) is 5.32 Å². The monoisotopic (exact) mass is 318 g/mol. The van der Waals surface area contributed by atoms with Gasteiger partial charge < -0.3 is 10.4 Å². The van der Waals surface area contributed by atoms with Gasteiger partial charge in [-0.1, -0.05) is 0 Å². The van der Waals surface area contributed by atoms with Crippen LogP contribution >= 0.6 is 0 Å². The molecular formula is C13H19FN2O4S. The summed E-state index contributed by atoms with van der Waals surface area (Å²) >= 11 is 0. The van der Waals surface area contributed by atoms with Crippen LogP contribution < -0.4 is 5.32 Å². The van der Waals surface area contributed by atoms with Crippen LogP contribution in [-0.2, 0) is 10.0 Å². The molecule has 6 nitrogen and oxygen atoms in total. The Kier molecular flexibility index (Phi) is 5.82. The number of nitrogens with zero attached hydrogens (tertiary/aromatic N) is 1. The molecule has 1 aromatic rings. The number of benzene rings is 1. The van der Waals surface area contributed by atoms with Crippen molar-refractivity contribution in [1.29, 1.82) is 0 Å². The van der Waals surface area contributed by atoms with Gasteiger partial charge in [-0.15, -0.1) is 0 Å². The van der Waals surface area contributed by atoms with Crippen LogP contribution in [0.2, 0.25) is 0 Å². The molecular weight excluding hydrogens is 299 g/mol. The van der Waals surface area contributed by atoms with Crippen LogP contribution in [0.15, 0.2) is 17.0 Å². The van der Waals surface area contributed by atoms with Gasteiger partial charge in [0.25, 0.3) is 0 Å². The highest BCUT2D eigenvalue weighted by Crippen LogP contribution is 2.23. The zero-order valence-corrected chi connectivity index (χ0v) is 13.0. The minimum atomic E-state index is -3.93. The molecule has 0 saturated heterocycles. The zero-order valence-electron chi connectivity index (χ0n) is 12.2. The molecule has 0 aliphatic carbocycles. The first-order valence-electron chi connectivity index (χ1n) is 6.36. The first-order valence-corrected chi connectivity index (χ1v) is 7.80. The second kappa shape index (κ2) is 6.97. The topological polar surface area (TPSA) is 86.7 Å². The molecule has 0 saturated carbocycles. The van der Waals surface area contributed by atoms with Crippen molar-refractivity contribution in [1.82, 2.24) is 9.62 Å². The van der Waals surface area contributed by atoms with E-state index in [0.717, 1.165) is 16.4 Å². The maximum Gasteiger partial charge on any atom is 0.335 e. The third-order valence-corrected chi connectivity index (χ3v) is 5.11. The van der Waals surface area contributed by atoms with Crippen molar-refractivity contribution in [2.75, 3.05) is 27.2 Å². The van der Waals surface area contributed by atoms with Gasteiger partial charge in [0.2, 0.25) is 10.0 Å². The molecule has 0 atom stereocenters. The fourth-order valence-corrected chi connectivity index (χ4v) is 3.28.